The predicted octanol–water partition coefficient (Wildman–Crippen LogP) is 3.50. The highest BCUT2D eigenvalue weighted by Crippen LogP contribution is 2.32. The molecule has 2 heterocycles. The van der Waals surface area contributed by atoms with Gasteiger partial charge in [-0.2, -0.15) is 0 Å². The Kier molecular flexibility index (Phi) is 3.57. The summed E-state index contributed by atoms with van der Waals surface area (Å²) in [6, 6.07) is 7.30. The van der Waals surface area contributed by atoms with Gasteiger partial charge in [0.1, 0.15) is 11.6 Å². The molecule has 0 amide bonds. The average Bonchev–Trinajstić information content (AvgIpc) is 3.00. The molecule has 2 aromatic rings. The number of aryl methyl sites for hydroxylation is 2. The molecular weight excluding hydrogens is 253 g/mol. The fraction of sp³-hybridized carbons (Fsp3) is 0.438. The Hall–Kier alpha value is -1.68. The lowest BCUT2D eigenvalue weighted by Crippen LogP contribution is -2.24. The molecule has 1 atom stereocenters. The molecule has 1 saturated heterocycles. The second kappa shape index (κ2) is 5.37. The minimum atomic E-state index is -0.120. The molecule has 0 saturated carbocycles. The van der Waals surface area contributed by atoms with Crippen LogP contribution in [0.3, 0.4) is 0 Å². The lowest BCUT2D eigenvalue weighted by molar-refractivity contribution is 0.237. The maximum Gasteiger partial charge on any atom is 0.127 e. The molecule has 1 N–H and O–H groups in total. The van der Waals surface area contributed by atoms with Crippen LogP contribution in [0.2, 0.25) is 0 Å². The fourth-order valence-electron chi connectivity index (χ4n) is 2.90. The van der Waals surface area contributed by atoms with Gasteiger partial charge in [0.25, 0.3) is 0 Å². The Morgan fingerprint density at radius 2 is 2.15 bits per heavy atom. The third kappa shape index (κ3) is 2.48. The quantitative estimate of drug-likeness (QED) is 0.928. The van der Waals surface area contributed by atoms with E-state index in [2.05, 4.69) is 14.9 Å². The number of halogens is 1. The first-order valence-electron chi connectivity index (χ1n) is 7.15. The summed E-state index contributed by atoms with van der Waals surface area (Å²) in [7, 11) is 0. The Morgan fingerprint density at radius 3 is 2.85 bits per heavy atom. The number of hydrogen-bond donors (Lipinski definition) is 1. The Bertz CT molecular complexity index is 586. The Labute approximate surface area is 118 Å². The van der Waals surface area contributed by atoms with Crippen LogP contribution >= 0.6 is 0 Å². The summed E-state index contributed by atoms with van der Waals surface area (Å²) in [5.41, 5.74) is 2.94. The molecule has 1 fully saturated rings. The topological polar surface area (TPSA) is 31.9 Å². The van der Waals surface area contributed by atoms with Gasteiger partial charge in [-0.25, -0.2) is 9.37 Å². The molecule has 1 aliphatic rings. The minimum Gasteiger partial charge on any atom is -0.345 e. The summed E-state index contributed by atoms with van der Waals surface area (Å²) in [6.45, 7) is 5.71. The highest BCUT2D eigenvalue weighted by atomic mass is 19.1. The smallest absolute Gasteiger partial charge is 0.127 e. The number of aromatic amines is 1. The zero-order chi connectivity index (χ0) is 14.1. The van der Waals surface area contributed by atoms with E-state index in [0.29, 0.717) is 6.54 Å². The molecule has 106 valence electrons. The largest absolute Gasteiger partial charge is 0.345 e. The zero-order valence-corrected chi connectivity index (χ0v) is 12.0. The molecule has 0 spiro atoms. The van der Waals surface area contributed by atoms with Crippen LogP contribution in [0.15, 0.2) is 24.3 Å². The van der Waals surface area contributed by atoms with E-state index in [1.165, 1.54) is 6.07 Å². The summed E-state index contributed by atoms with van der Waals surface area (Å²) in [4.78, 5) is 10.3. The van der Waals surface area contributed by atoms with Crippen molar-refractivity contribution in [2.24, 2.45) is 0 Å². The second-order valence-electron chi connectivity index (χ2n) is 5.55. The third-order valence-electron chi connectivity index (χ3n) is 4.16. The number of nitrogens with one attached hydrogen (secondary N) is 1. The maximum absolute atomic E-state index is 13.8. The minimum absolute atomic E-state index is 0.120. The van der Waals surface area contributed by atoms with E-state index >= 15 is 0 Å². The van der Waals surface area contributed by atoms with Crippen LogP contribution in [0, 0.1) is 19.7 Å². The molecule has 0 radical (unpaired) electrons. The molecule has 4 heteroatoms. The van der Waals surface area contributed by atoms with Crippen LogP contribution in [-0.2, 0) is 6.54 Å². The number of aromatic nitrogens is 2. The van der Waals surface area contributed by atoms with Crippen LogP contribution in [-0.4, -0.2) is 21.4 Å². The monoisotopic (exact) mass is 273 g/mol. The number of H-pyrrole nitrogens is 1. The predicted molar refractivity (Wildman–Crippen MR) is 76.8 cm³/mol. The van der Waals surface area contributed by atoms with E-state index in [-0.39, 0.29) is 11.9 Å². The summed E-state index contributed by atoms with van der Waals surface area (Å²) >= 11 is 0. The molecule has 3 rings (SSSR count). The fourth-order valence-corrected chi connectivity index (χ4v) is 2.90. The molecular formula is C16H20FN3. The number of benzene rings is 1. The van der Waals surface area contributed by atoms with Gasteiger partial charge in [0, 0.05) is 17.8 Å². The van der Waals surface area contributed by atoms with Crippen LogP contribution < -0.4 is 0 Å². The zero-order valence-electron chi connectivity index (χ0n) is 12.0. The summed E-state index contributed by atoms with van der Waals surface area (Å²) in [5.74, 6) is 0.902. The molecule has 20 heavy (non-hydrogen) atoms. The SMILES string of the molecule is Cc1nc(C2CCCN2Cc2ccccc2F)[nH]c1C. The van der Waals surface area contributed by atoms with Crippen molar-refractivity contribution in [2.45, 2.75) is 39.3 Å². The maximum atomic E-state index is 13.8. The van der Waals surface area contributed by atoms with Gasteiger partial charge in [-0.3, -0.25) is 4.90 Å². The van der Waals surface area contributed by atoms with Gasteiger partial charge in [-0.05, 0) is 39.3 Å². The number of hydrogen-bond acceptors (Lipinski definition) is 2. The van der Waals surface area contributed by atoms with Gasteiger partial charge in [0.2, 0.25) is 0 Å². The van der Waals surface area contributed by atoms with E-state index in [1.54, 1.807) is 6.07 Å². The molecule has 1 aromatic heterocycles. The first-order valence-corrected chi connectivity index (χ1v) is 7.15. The van der Waals surface area contributed by atoms with Crippen molar-refractivity contribution in [3.63, 3.8) is 0 Å². The van der Waals surface area contributed by atoms with Gasteiger partial charge in [-0.15, -0.1) is 0 Å². The molecule has 1 aromatic carbocycles. The summed E-state index contributed by atoms with van der Waals surface area (Å²) < 4.78 is 13.8. The highest BCUT2D eigenvalue weighted by Gasteiger charge is 2.29. The van der Waals surface area contributed by atoms with Crippen LogP contribution in [0.1, 0.15) is 41.7 Å². The van der Waals surface area contributed by atoms with Gasteiger partial charge in [-0.1, -0.05) is 18.2 Å². The van der Waals surface area contributed by atoms with Crippen molar-refractivity contribution >= 4 is 0 Å². The van der Waals surface area contributed by atoms with Gasteiger partial charge < -0.3 is 4.98 Å². The van der Waals surface area contributed by atoms with E-state index in [9.17, 15) is 4.39 Å². The van der Waals surface area contributed by atoms with E-state index < -0.39 is 0 Å². The summed E-state index contributed by atoms with van der Waals surface area (Å²) in [6.07, 6.45) is 2.22. The standard InChI is InChI=1S/C16H20FN3/c1-11-12(2)19-16(18-11)15-8-5-9-20(15)10-13-6-3-4-7-14(13)17/h3-4,6-7,15H,5,8-10H2,1-2H3,(H,18,19). The normalized spacial score (nSPS) is 19.6. The molecule has 0 aliphatic carbocycles. The molecule has 1 unspecified atom stereocenters. The lowest BCUT2D eigenvalue weighted by atomic mass is 10.1. The van der Waals surface area contributed by atoms with Gasteiger partial charge >= 0.3 is 0 Å². The number of imidazole rings is 1. The molecule has 3 nitrogen and oxygen atoms in total. The van der Waals surface area contributed by atoms with E-state index in [0.717, 1.165) is 42.2 Å². The van der Waals surface area contributed by atoms with Crippen LogP contribution in [0.25, 0.3) is 0 Å². The van der Waals surface area contributed by atoms with E-state index in [4.69, 9.17) is 0 Å². The molecule has 0 bridgehead atoms. The Morgan fingerprint density at radius 1 is 1.35 bits per heavy atom. The number of likely N-dealkylation sites (tertiary alicyclic amines) is 1. The van der Waals surface area contributed by atoms with Crippen molar-refractivity contribution in [1.82, 2.24) is 14.9 Å². The van der Waals surface area contributed by atoms with Crippen molar-refractivity contribution < 1.29 is 4.39 Å². The third-order valence-corrected chi connectivity index (χ3v) is 4.16. The Balaban J connectivity index is 1.81. The first-order chi connectivity index (χ1) is 9.65. The highest BCUT2D eigenvalue weighted by molar-refractivity contribution is 5.19. The van der Waals surface area contributed by atoms with Crippen molar-refractivity contribution in [3.8, 4) is 0 Å². The van der Waals surface area contributed by atoms with Crippen molar-refractivity contribution in [2.75, 3.05) is 6.54 Å². The van der Waals surface area contributed by atoms with Crippen molar-refractivity contribution in [1.29, 1.82) is 0 Å². The average molecular weight is 273 g/mol. The first kappa shape index (κ1) is 13.3. The van der Waals surface area contributed by atoms with Gasteiger partial charge in [0.15, 0.2) is 0 Å². The van der Waals surface area contributed by atoms with Crippen LogP contribution in [0.5, 0.6) is 0 Å². The lowest BCUT2D eigenvalue weighted by Gasteiger charge is -2.23. The summed E-state index contributed by atoms with van der Waals surface area (Å²) in [5, 5.41) is 0. The van der Waals surface area contributed by atoms with Crippen molar-refractivity contribution in [3.05, 3.63) is 52.9 Å². The molecule has 1 aliphatic heterocycles. The second-order valence-corrected chi connectivity index (χ2v) is 5.55. The number of nitrogens with zero attached hydrogens (tertiary/aromatic N) is 2. The number of rotatable bonds is 3. The van der Waals surface area contributed by atoms with Gasteiger partial charge in [0.05, 0.1) is 11.7 Å². The van der Waals surface area contributed by atoms with Crippen LogP contribution in [0.4, 0.5) is 4.39 Å². The van der Waals surface area contributed by atoms with E-state index in [1.807, 2.05) is 26.0 Å².